The van der Waals surface area contributed by atoms with Crippen LogP contribution in [0.2, 0.25) is 0 Å². The van der Waals surface area contributed by atoms with Gasteiger partial charge >= 0.3 is 0 Å². The molecule has 1 rings (SSSR count). The number of aliphatic hydroxyl groups excluding tert-OH is 1. The summed E-state index contributed by atoms with van der Waals surface area (Å²) < 4.78 is 1.88. The number of nitrogens with zero attached hydrogens (tertiary/aromatic N) is 3. The average molecular weight is 141 g/mol. The molecular formula is C6H11N3O. The Morgan fingerprint density at radius 3 is 2.20 bits per heavy atom. The summed E-state index contributed by atoms with van der Waals surface area (Å²) in [5.74, 6) is 1.71. The summed E-state index contributed by atoms with van der Waals surface area (Å²) in [6, 6.07) is 0. The van der Waals surface area contributed by atoms with Crippen molar-refractivity contribution in [2.24, 2.45) is 0 Å². The fourth-order valence-electron chi connectivity index (χ4n) is 0.910. The largest absolute Gasteiger partial charge is 0.395 e. The smallest absolute Gasteiger partial charge is 0.129 e. The average Bonchev–Trinajstić information content (AvgIpc) is 2.20. The van der Waals surface area contributed by atoms with E-state index >= 15 is 0 Å². The Hall–Kier alpha value is -0.900. The van der Waals surface area contributed by atoms with E-state index in [0.29, 0.717) is 6.54 Å². The van der Waals surface area contributed by atoms with Gasteiger partial charge in [-0.15, -0.1) is 10.2 Å². The third kappa shape index (κ3) is 1.16. The molecule has 1 aromatic heterocycles. The summed E-state index contributed by atoms with van der Waals surface area (Å²) in [5, 5.41) is 16.3. The SMILES string of the molecule is Cc1nnc(C)n1CCO. The Bertz CT molecular complexity index is 199. The lowest BCUT2D eigenvalue weighted by Gasteiger charge is -2.01. The van der Waals surface area contributed by atoms with Crippen LogP contribution < -0.4 is 0 Å². The number of aromatic nitrogens is 3. The molecule has 0 radical (unpaired) electrons. The molecular weight excluding hydrogens is 130 g/mol. The Morgan fingerprint density at radius 2 is 1.80 bits per heavy atom. The third-order valence-corrected chi connectivity index (χ3v) is 1.44. The minimum Gasteiger partial charge on any atom is -0.395 e. The monoisotopic (exact) mass is 141 g/mol. The van der Waals surface area contributed by atoms with Crippen molar-refractivity contribution in [2.75, 3.05) is 6.61 Å². The van der Waals surface area contributed by atoms with Gasteiger partial charge in [0.1, 0.15) is 11.6 Å². The van der Waals surface area contributed by atoms with Gasteiger partial charge in [-0.25, -0.2) is 0 Å². The summed E-state index contributed by atoms with van der Waals surface area (Å²) in [5.41, 5.74) is 0. The maximum absolute atomic E-state index is 8.61. The van der Waals surface area contributed by atoms with Crippen LogP contribution in [0.15, 0.2) is 0 Å². The lowest BCUT2D eigenvalue weighted by molar-refractivity contribution is 0.273. The summed E-state index contributed by atoms with van der Waals surface area (Å²) in [6.45, 7) is 4.47. The van der Waals surface area contributed by atoms with Crippen LogP contribution in [-0.4, -0.2) is 26.5 Å². The first-order chi connectivity index (χ1) is 4.75. The van der Waals surface area contributed by atoms with Gasteiger partial charge in [-0.05, 0) is 13.8 Å². The topological polar surface area (TPSA) is 50.9 Å². The molecule has 0 aromatic carbocycles. The Morgan fingerprint density at radius 1 is 1.30 bits per heavy atom. The first-order valence-electron chi connectivity index (χ1n) is 3.23. The van der Waals surface area contributed by atoms with Crippen molar-refractivity contribution in [3.05, 3.63) is 11.6 Å². The van der Waals surface area contributed by atoms with Gasteiger partial charge in [-0.2, -0.15) is 0 Å². The molecule has 0 aliphatic carbocycles. The molecule has 0 spiro atoms. The zero-order valence-electron chi connectivity index (χ0n) is 6.20. The molecule has 0 saturated heterocycles. The number of rotatable bonds is 2. The molecule has 0 amide bonds. The highest BCUT2D eigenvalue weighted by atomic mass is 16.3. The Kier molecular flexibility index (Phi) is 2.01. The summed E-state index contributed by atoms with van der Waals surface area (Å²) in [4.78, 5) is 0. The number of aliphatic hydroxyl groups is 1. The normalized spacial score (nSPS) is 10.3. The van der Waals surface area contributed by atoms with Gasteiger partial charge in [-0.1, -0.05) is 0 Å². The number of aryl methyl sites for hydroxylation is 2. The van der Waals surface area contributed by atoms with Crippen LogP contribution in [0.4, 0.5) is 0 Å². The van der Waals surface area contributed by atoms with E-state index in [1.807, 2.05) is 18.4 Å². The lowest BCUT2D eigenvalue weighted by Crippen LogP contribution is -2.05. The van der Waals surface area contributed by atoms with E-state index in [1.165, 1.54) is 0 Å². The molecule has 0 bridgehead atoms. The highest BCUT2D eigenvalue weighted by Gasteiger charge is 2.01. The van der Waals surface area contributed by atoms with Gasteiger partial charge < -0.3 is 9.67 Å². The molecule has 4 nitrogen and oxygen atoms in total. The lowest BCUT2D eigenvalue weighted by atomic mass is 10.5. The van der Waals surface area contributed by atoms with E-state index in [9.17, 15) is 0 Å². The van der Waals surface area contributed by atoms with E-state index in [4.69, 9.17) is 5.11 Å². The highest BCUT2D eigenvalue weighted by Crippen LogP contribution is 1.97. The van der Waals surface area contributed by atoms with Gasteiger partial charge in [0.25, 0.3) is 0 Å². The van der Waals surface area contributed by atoms with Crippen LogP contribution in [0, 0.1) is 13.8 Å². The van der Waals surface area contributed by atoms with Gasteiger partial charge in [0.2, 0.25) is 0 Å². The predicted molar refractivity (Wildman–Crippen MR) is 36.6 cm³/mol. The third-order valence-electron chi connectivity index (χ3n) is 1.44. The molecule has 0 atom stereocenters. The molecule has 0 fully saturated rings. The van der Waals surface area contributed by atoms with Crippen LogP contribution in [0.5, 0.6) is 0 Å². The molecule has 0 unspecified atom stereocenters. The zero-order chi connectivity index (χ0) is 7.56. The summed E-state index contributed by atoms with van der Waals surface area (Å²) >= 11 is 0. The standard InChI is InChI=1S/C6H11N3O/c1-5-7-8-6(2)9(5)3-4-10/h10H,3-4H2,1-2H3. The van der Waals surface area contributed by atoms with Crippen LogP contribution in [0.1, 0.15) is 11.6 Å². The fourth-order valence-corrected chi connectivity index (χ4v) is 0.910. The molecule has 1 heterocycles. The molecule has 56 valence electrons. The fraction of sp³-hybridized carbons (Fsp3) is 0.667. The molecule has 0 aliphatic heterocycles. The summed E-state index contributed by atoms with van der Waals surface area (Å²) in [6.07, 6.45) is 0. The van der Waals surface area contributed by atoms with Crippen molar-refractivity contribution < 1.29 is 5.11 Å². The first-order valence-corrected chi connectivity index (χ1v) is 3.23. The van der Waals surface area contributed by atoms with Crippen molar-refractivity contribution in [1.82, 2.24) is 14.8 Å². The van der Waals surface area contributed by atoms with Crippen molar-refractivity contribution in [3.63, 3.8) is 0 Å². The highest BCUT2D eigenvalue weighted by molar-refractivity contribution is 4.90. The minimum atomic E-state index is 0.139. The van der Waals surface area contributed by atoms with Gasteiger partial charge in [0, 0.05) is 6.54 Å². The quantitative estimate of drug-likeness (QED) is 0.625. The molecule has 1 N–H and O–H groups in total. The van der Waals surface area contributed by atoms with Crippen molar-refractivity contribution >= 4 is 0 Å². The number of hydrogen-bond donors (Lipinski definition) is 1. The van der Waals surface area contributed by atoms with Crippen molar-refractivity contribution in [1.29, 1.82) is 0 Å². The van der Waals surface area contributed by atoms with Crippen molar-refractivity contribution in [2.45, 2.75) is 20.4 Å². The Balaban J connectivity index is 2.87. The molecule has 4 heteroatoms. The van der Waals surface area contributed by atoms with Gasteiger partial charge in [0.05, 0.1) is 6.61 Å². The summed E-state index contributed by atoms with van der Waals surface area (Å²) in [7, 11) is 0. The van der Waals surface area contributed by atoms with E-state index in [1.54, 1.807) is 0 Å². The molecule has 0 aliphatic rings. The molecule has 0 saturated carbocycles. The van der Waals surface area contributed by atoms with Crippen molar-refractivity contribution in [3.8, 4) is 0 Å². The number of hydrogen-bond acceptors (Lipinski definition) is 3. The van der Waals surface area contributed by atoms with Crippen LogP contribution in [-0.2, 0) is 6.54 Å². The van der Waals surface area contributed by atoms with Crippen LogP contribution in [0.25, 0.3) is 0 Å². The second kappa shape index (κ2) is 2.79. The van der Waals surface area contributed by atoms with Crippen LogP contribution in [0.3, 0.4) is 0 Å². The molecule has 10 heavy (non-hydrogen) atoms. The maximum atomic E-state index is 8.61. The van der Waals surface area contributed by atoms with Gasteiger partial charge in [-0.3, -0.25) is 0 Å². The first kappa shape index (κ1) is 7.21. The van der Waals surface area contributed by atoms with E-state index < -0.39 is 0 Å². The minimum absolute atomic E-state index is 0.139. The van der Waals surface area contributed by atoms with Crippen LogP contribution >= 0.6 is 0 Å². The van der Waals surface area contributed by atoms with E-state index in [0.717, 1.165) is 11.6 Å². The predicted octanol–water partition coefficient (Wildman–Crippen LogP) is -0.113. The van der Waals surface area contributed by atoms with E-state index in [-0.39, 0.29) is 6.61 Å². The maximum Gasteiger partial charge on any atom is 0.129 e. The zero-order valence-corrected chi connectivity index (χ0v) is 6.20. The Labute approximate surface area is 59.5 Å². The second-order valence-corrected chi connectivity index (χ2v) is 2.17. The van der Waals surface area contributed by atoms with Gasteiger partial charge in [0.15, 0.2) is 0 Å². The molecule has 1 aromatic rings. The van der Waals surface area contributed by atoms with E-state index in [2.05, 4.69) is 10.2 Å². The second-order valence-electron chi connectivity index (χ2n) is 2.17.